The standard InChI is InChI=1S/C16H11NO2/c18-16-14(12-7-3-4-8-13(12)17-16)15-11-6-2-1-5-10(11)9-19-15/h1-8H,9H2,(H,17,18)/b15-14+. The minimum Gasteiger partial charge on any atom is -0.487 e. The van der Waals surface area contributed by atoms with E-state index in [2.05, 4.69) is 5.32 Å². The SMILES string of the molecule is O=C1Nc2ccccc2/C1=C1\OCc2ccccc21. The largest absolute Gasteiger partial charge is 0.487 e. The average Bonchev–Trinajstić information content (AvgIpc) is 2.98. The van der Waals surface area contributed by atoms with Crippen molar-refractivity contribution < 1.29 is 9.53 Å². The quantitative estimate of drug-likeness (QED) is 0.729. The molecule has 19 heavy (non-hydrogen) atoms. The topological polar surface area (TPSA) is 38.3 Å². The second-order valence-corrected chi connectivity index (χ2v) is 4.65. The molecule has 0 bridgehead atoms. The lowest BCUT2D eigenvalue weighted by Gasteiger charge is -2.04. The van der Waals surface area contributed by atoms with Crippen molar-refractivity contribution in [3.8, 4) is 0 Å². The number of carbonyl (C=O) groups is 1. The maximum atomic E-state index is 12.2. The van der Waals surface area contributed by atoms with Gasteiger partial charge in [-0.15, -0.1) is 0 Å². The Bertz CT molecular complexity index is 731. The Morgan fingerprint density at radius 1 is 0.947 bits per heavy atom. The number of fused-ring (bicyclic) bond motifs is 2. The van der Waals surface area contributed by atoms with Gasteiger partial charge < -0.3 is 10.1 Å². The summed E-state index contributed by atoms with van der Waals surface area (Å²) in [6.07, 6.45) is 0. The van der Waals surface area contributed by atoms with Gasteiger partial charge in [0.25, 0.3) is 5.91 Å². The highest BCUT2D eigenvalue weighted by Crippen LogP contribution is 2.41. The van der Waals surface area contributed by atoms with Crippen LogP contribution >= 0.6 is 0 Å². The maximum Gasteiger partial charge on any atom is 0.260 e. The van der Waals surface area contributed by atoms with Crippen LogP contribution in [0.5, 0.6) is 0 Å². The van der Waals surface area contributed by atoms with Crippen molar-refractivity contribution in [2.45, 2.75) is 6.61 Å². The number of rotatable bonds is 0. The first-order valence-corrected chi connectivity index (χ1v) is 6.21. The van der Waals surface area contributed by atoms with Gasteiger partial charge in [-0.05, 0) is 6.07 Å². The van der Waals surface area contributed by atoms with Crippen molar-refractivity contribution in [1.29, 1.82) is 0 Å². The van der Waals surface area contributed by atoms with E-state index in [9.17, 15) is 4.79 Å². The number of carbonyl (C=O) groups excluding carboxylic acids is 1. The molecule has 3 nitrogen and oxygen atoms in total. The second kappa shape index (κ2) is 3.72. The molecule has 0 radical (unpaired) electrons. The molecule has 2 aromatic carbocycles. The second-order valence-electron chi connectivity index (χ2n) is 4.65. The Morgan fingerprint density at radius 3 is 2.58 bits per heavy atom. The molecule has 0 aromatic heterocycles. The zero-order valence-corrected chi connectivity index (χ0v) is 10.1. The highest BCUT2D eigenvalue weighted by Gasteiger charge is 2.31. The van der Waals surface area contributed by atoms with E-state index in [4.69, 9.17) is 4.74 Å². The summed E-state index contributed by atoms with van der Waals surface area (Å²) >= 11 is 0. The summed E-state index contributed by atoms with van der Waals surface area (Å²) in [6, 6.07) is 15.7. The first-order valence-electron chi connectivity index (χ1n) is 6.21. The van der Waals surface area contributed by atoms with Crippen molar-refractivity contribution in [3.63, 3.8) is 0 Å². The Morgan fingerprint density at radius 2 is 1.68 bits per heavy atom. The van der Waals surface area contributed by atoms with E-state index in [0.29, 0.717) is 17.9 Å². The number of hydrogen-bond donors (Lipinski definition) is 1. The molecular formula is C16H11NO2. The van der Waals surface area contributed by atoms with Crippen LogP contribution in [0.4, 0.5) is 5.69 Å². The fourth-order valence-corrected chi connectivity index (χ4v) is 2.64. The summed E-state index contributed by atoms with van der Waals surface area (Å²) in [5, 5.41) is 2.88. The molecule has 2 aromatic rings. The lowest BCUT2D eigenvalue weighted by molar-refractivity contribution is -0.110. The number of anilines is 1. The molecule has 1 N–H and O–H groups in total. The van der Waals surface area contributed by atoms with Gasteiger partial charge in [0.1, 0.15) is 12.4 Å². The Labute approximate surface area is 110 Å². The lowest BCUT2D eigenvalue weighted by atomic mass is 10.0. The molecule has 3 heteroatoms. The molecule has 0 aliphatic carbocycles. The van der Waals surface area contributed by atoms with E-state index in [1.54, 1.807) is 0 Å². The molecular weight excluding hydrogens is 238 g/mol. The van der Waals surface area contributed by atoms with Gasteiger partial charge in [0.05, 0.1) is 5.57 Å². The third-order valence-corrected chi connectivity index (χ3v) is 3.53. The normalized spacial score (nSPS) is 19.7. The Balaban J connectivity index is 1.99. The third kappa shape index (κ3) is 1.41. The molecule has 2 aliphatic rings. The van der Waals surface area contributed by atoms with Crippen molar-refractivity contribution in [3.05, 3.63) is 65.2 Å². The van der Waals surface area contributed by atoms with E-state index in [1.807, 2.05) is 48.5 Å². The smallest absolute Gasteiger partial charge is 0.260 e. The molecule has 2 heterocycles. The summed E-state index contributed by atoms with van der Waals surface area (Å²) in [5.74, 6) is 0.603. The molecule has 0 unspecified atom stereocenters. The number of nitrogens with one attached hydrogen (secondary N) is 1. The number of para-hydroxylation sites is 1. The van der Waals surface area contributed by atoms with Crippen LogP contribution in [-0.2, 0) is 16.1 Å². The van der Waals surface area contributed by atoms with E-state index >= 15 is 0 Å². The van der Waals surface area contributed by atoms with Crippen LogP contribution < -0.4 is 5.32 Å². The summed E-state index contributed by atoms with van der Waals surface area (Å²) in [7, 11) is 0. The van der Waals surface area contributed by atoms with Crippen molar-refractivity contribution >= 4 is 22.9 Å². The summed E-state index contributed by atoms with van der Waals surface area (Å²) in [5.41, 5.74) is 4.55. The van der Waals surface area contributed by atoms with Crippen LogP contribution in [0.3, 0.4) is 0 Å². The zero-order valence-electron chi connectivity index (χ0n) is 10.1. The maximum absolute atomic E-state index is 12.2. The Hall–Kier alpha value is -2.55. The molecule has 0 spiro atoms. The van der Waals surface area contributed by atoms with Crippen LogP contribution in [0, 0.1) is 0 Å². The number of ether oxygens (including phenoxy) is 1. The van der Waals surface area contributed by atoms with E-state index in [-0.39, 0.29) is 5.91 Å². The number of benzene rings is 2. The van der Waals surface area contributed by atoms with Crippen LogP contribution in [-0.4, -0.2) is 5.91 Å². The van der Waals surface area contributed by atoms with Crippen LogP contribution in [0.15, 0.2) is 48.5 Å². The lowest BCUT2D eigenvalue weighted by Crippen LogP contribution is -2.05. The van der Waals surface area contributed by atoms with Gasteiger partial charge in [-0.25, -0.2) is 0 Å². The highest BCUT2D eigenvalue weighted by atomic mass is 16.5. The zero-order chi connectivity index (χ0) is 12.8. The third-order valence-electron chi connectivity index (χ3n) is 3.53. The van der Waals surface area contributed by atoms with E-state index in [0.717, 1.165) is 22.4 Å². The minimum absolute atomic E-state index is 0.0899. The van der Waals surface area contributed by atoms with Crippen molar-refractivity contribution in [2.75, 3.05) is 5.32 Å². The van der Waals surface area contributed by atoms with Gasteiger partial charge in [0.15, 0.2) is 0 Å². The summed E-state index contributed by atoms with van der Waals surface area (Å²) in [4.78, 5) is 12.2. The van der Waals surface area contributed by atoms with Crippen molar-refractivity contribution in [2.24, 2.45) is 0 Å². The molecule has 0 saturated heterocycles. The molecule has 1 amide bonds. The van der Waals surface area contributed by atoms with Gasteiger partial charge in [-0.2, -0.15) is 0 Å². The molecule has 0 saturated carbocycles. The first kappa shape index (κ1) is 10.4. The first-order chi connectivity index (χ1) is 9.34. The fraction of sp³-hybridized carbons (Fsp3) is 0.0625. The monoisotopic (exact) mass is 249 g/mol. The number of amides is 1. The number of hydrogen-bond acceptors (Lipinski definition) is 2. The van der Waals surface area contributed by atoms with Crippen molar-refractivity contribution in [1.82, 2.24) is 0 Å². The van der Waals surface area contributed by atoms with E-state index in [1.165, 1.54) is 0 Å². The average molecular weight is 249 g/mol. The predicted octanol–water partition coefficient (Wildman–Crippen LogP) is 3.04. The minimum atomic E-state index is -0.0899. The molecule has 2 aliphatic heterocycles. The van der Waals surface area contributed by atoms with Crippen LogP contribution in [0.2, 0.25) is 0 Å². The molecule has 0 fully saturated rings. The summed E-state index contributed by atoms with van der Waals surface area (Å²) in [6.45, 7) is 0.532. The summed E-state index contributed by atoms with van der Waals surface area (Å²) < 4.78 is 5.75. The Kier molecular flexibility index (Phi) is 2.03. The highest BCUT2D eigenvalue weighted by molar-refractivity contribution is 6.36. The van der Waals surface area contributed by atoms with Crippen LogP contribution in [0.25, 0.3) is 11.3 Å². The van der Waals surface area contributed by atoms with Gasteiger partial charge in [-0.3, -0.25) is 4.79 Å². The fourth-order valence-electron chi connectivity index (χ4n) is 2.64. The predicted molar refractivity (Wildman–Crippen MR) is 73.1 cm³/mol. The molecule has 4 rings (SSSR count). The van der Waals surface area contributed by atoms with Gasteiger partial charge in [-0.1, -0.05) is 42.5 Å². The van der Waals surface area contributed by atoms with Gasteiger partial charge >= 0.3 is 0 Å². The van der Waals surface area contributed by atoms with Crippen LogP contribution in [0.1, 0.15) is 16.7 Å². The van der Waals surface area contributed by atoms with Gasteiger partial charge in [0, 0.05) is 22.4 Å². The van der Waals surface area contributed by atoms with Gasteiger partial charge in [0.2, 0.25) is 0 Å². The van der Waals surface area contributed by atoms with E-state index < -0.39 is 0 Å². The molecule has 92 valence electrons. The molecule has 0 atom stereocenters.